The number of amides is 1. The topological polar surface area (TPSA) is 36.4 Å². The van der Waals surface area contributed by atoms with Crippen LogP contribution >= 0.6 is 11.6 Å². The van der Waals surface area contributed by atoms with Gasteiger partial charge in [-0.3, -0.25) is 14.7 Å². The van der Waals surface area contributed by atoms with Crippen molar-refractivity contribution in [2.75, 3.05) is 32.7 Å². The Kier molecular flexibility index (Phi) is 4.73. The van der Waals surface area contributed by atoms with Crippen LogP contribution in [0, 0.1) is 6.92 Å². The summed E-state index contributed by atoms with van der Waals surface area (Å²) in [7, 11) is 0. The minimum atomic E-state index is -4.21. The maximum atomic E-state index is 12.3. The van der Waals surface area contributed by atoms with Crippen LogP contribution in [0.1, 0.15) is 16.1 Å². The van der Waals surface area contributed by atoms with Crippen LogP contribution in [0.5, 0.6) is 0 Å². The monoisotopic (exact) mass is 321 g/mol. The fourth-order valence-corrected chi connectivity index (χ4v) is 2.50. The number of halogens is 4. The maximum Gasteiger partial charge on any atom is 0.401 e. The van der Waals surface area contributed by atoms with E-state index in [1.165, 1.54) is 16.0 Å². The Morgan fingerprint density at radius 2 is 1.95 bits per heavy atom. The van der Waals surface area contributed by atoms with Crippen LogP contribution in [0.3, 0.4) is 0 Å². The Hall–Kier alpha value is -1.34. The molecular formula is C13H15ClF3N3O. The van der Waals surface area contributed by atoms with Crippen molar-refractivity contribution < 1.29 is 18.0 Å². The smallest absolute Gasteiger partial charge is 0.336 e. The molecule has 1 fully saturated rings. The summed E-state index contributed by atoms with van der Waals surface area (Å²) in [5, 5.41) is 0.310. The summed E-state index contributed by atoms with van der Waals surface area (Å²) in [6.45, 7) is 1.71. The van der Waals surface area contributed by atoms with Gasteiger partial charge in [-0.1, -0.05) is 11.6 Å². The molecule has 1 aromatic heterocycles. The number of nitrogens with zero attached hydrogens (tertiary/aromatic N) is 3. The molecule has 1 aromatic rings. The van der Waals surface area contributed by atoms with E-state index in [-0.39, 0.29) is 37.6 Å². The molecule has 0 radical (unpaired) electrons. The number of piperazine rings is 1. The van der Waals surface area contributed by atoms with Crippen molar-refractivity contribution in [3.63, 3.8) is 0 Å². The van der Waals surface area contributed by atoms with Gasteiger partial charge in [0.15, 0.2) is 0 Å². The van der Waals surface area contributed by atoms with Crippen LogP contribution in [-0.4, -0.2) is 59.6 Å². The van der Waals surface area contributed by atoms with Gasteiger partial charge in [-0.15, -0.1) is 0 Å². The third-order valence-electron chi connectivity index (χ3n) is 3.28. The molecule has 0 saturated carbocycles. The Labute approximate surface area is 125 Å². The summed E-state index contributed by atoms with van der Waals surface area (Å²) < 4.78 is 36.9. The van der Waals surface area contributed by atoms with Crippen molar-refractivity contribution in [3.05, 3.63) is 28.5 Å². The van der Waals surface area contributed by atoms with Crippen molar-refractivity contribution in [1.29, 1.82) is 0 Å². The molecule has 2 rings (SSSR count). The number of aromatic nitrogens is 1. The fourth-order valence-electron chi connectivity index (χ4n) is 2.22. The zero-order valence-corrected chi connectivity index (χ0v) is 12.2. The summed E-state index contributed by atoms with van der Waals surface area (Å²) in [5.41, 5.74) is 0.984. The third kappa shape index (κ3) is 4.31. The van der Waals surface area contributed by atoms with E-state index in [4.69, 9.17) is 11.6 Å². The van der Waals surface area contributed by atoms with Crippen molar-refractivity contribution in [1.82, 2.24) is 14.8 Å². The highest BCUT2D eigenvalue weighted by Crippen LogP contribution is 2.20. The first kappa shape index (κ1) is 16.0. The quantitative estimate of drug-likeness (QED) is 0.839. The lowest BCUT2D eigenvalue weighted by molar-refractivity contribution is -0.148. The Morgan fingerprint density at radius 3 is 2.48 bits per heavy atom. The maximum absolute atomic E-state index is 12.3. The minimum absolute atomic E-state index is 0.197. The fraction of sp³-hybridized carbons (Fsp3) is 0.538. The van der Waals surface area contributed by atoms with Gasteiger partial charge < -0.3 is 4.90 Å². The van der Waals surface area contributed by atoms with Gasteiger partial charge in [0.25, 0.3) is 5.91 Å². The Bertz CT molecular complexity index is 528. The number of aryl methyl sites for hydroxylation is 1. The molecule has 116 valence electrons. The lowest BCUT2D eigenvalue weighted by Gasteiger charge is -2.35. The molecule has 0 N–H and O–H groups in total. The molecule has 2 heterocycles. The first-order valence-corrected chi connectivity index (χ1v) is 6.84. The van der Waals surface area contributed by atoms with Gasteiger partial charge in [0.2, 0.25) is 0 Å². The molecular weight excluding hydrogens is 307 g/mol. The van der Waals surface area contributed by atoms with Crippen LogP contribution in [-0.2, 0) is 0 Å². The number of rotatable bonds is 2. The third-order valence-corrected chi connectivity index (χ3v) is 3.60. The van der Waals surface area contributed by atoms with Crippen molar-refractivity contribution >= 4 is 17.5 Å². The van der Waals surface area contributed by atoms with Gasteiger partial charge in [-0.2, -0.15) is 13.2 Å². The summed E-state index contributed by atoms with van der Waals surface area (Å²) in [6, 6.07) is 1.59. The zero-order valence-electron chi connectivity index (χ0n) is 11.5. The average Bonchev–Trinajstić information content (AvgIpc) is 2.37. The first-order chi connectivity index (χ1) is 9.76. The standard InChI is InChI=1S/C13H15ClF3N3O/c1-9-6-11(14)10(7-18-9)12(21)20-4-2-19(3-5-20)8-13(15,16)17/h6-7H,2-5,8H2,1H3. The number of carbonyl (C=O) groups excluding carboxylic acids is 1. The van der Waals surface area contributed by atoms with E-state index in [0.29, 0.717) is 10.7 Å². The molecule has 1 amide bonds. The van der Waals surface area contributed by atoms with Crippen LogP contribution in [0.4, 0.5) is 13.2 Å². The van der Waals surface area contributed by atoms with E-state index >= 15 is 0 Å². The highest BCUT2D eigenvalue weighted by Gasteiger charge is 2.33. The molecule has 0 aromatic carbocycles. The normalized spacial score (nSPS) is 17.1. The van der Waals surface area contributed by atoms with Crippen LogP contribution < -0.4 is 0 Å². The van der Waals surface area contributed by atoms with E-state index in [2.05, 4.69) is 4.98 Å². The number of hydrogen-bond acceptors (Lipinski definition) is 3. The molecule has 4 nitrogen and oxygen atoms in total. The van der Waals surface area contributed by atoms with Gasteiger partial charge in [-0.25, -0.2) is 0 Å². The summed E-state index contributed by atoms with van der Waals surface area (Å²) in [5.74, 6) is -0.292. The Balaban J connectivity index is 1.97. The van der Waals surface area contributed by atoms with E-state index in [1.807, 2.05) is 0 Å². The molecule has 0 unspecified atom stereocenters. The van der Waals surface area contributed by atoms with Crippen LogP contribution in [0.2, 0.25) is 5.02 Å². The van der Waals surface area contributed by atoms with Crippen molar-refractivity contribution in [3.8, 4) is 0 Å². The van der Waals surface area contributed by atoms with E-state index in [9.17, 15) is 18.0 Å². The highest BCUT2D eigenvalue weighted by atomic mass is 35.5. The lowest BCUT2D eigenvalue weighted by atomic mass is 10.2. The summed E-state index contributed by atoms with van der Waals surface area (Å²) in [4.78, 5) is 19.1. The van der Waals surface area contributed by atoms with Gasteiger partial charge in [0, 0.05) is 38.1 Å². The molecule has 0 aliphatic carbocycles. The van der Waals surface area contributed by atoms with Gasteiger partial charge in [-0.05, 0) is 13.0 Å². The molecule has 8 heteroatoms. The molecule has 0 atom stereocenters. The summed E-state index contributed by atoms with van der Waals surface area (Å²) in [6.07, 6.45) is -2.81. The van der Waals surface area contributed by atoms with E-state index < -0.39 is 12.7 Å². The van der Waals surface area contributed by atoms with E-state index in [0.717, 1.165) is 0 Å². The highest BCUT2D eigenvalue weighted by molar-refractivity contribution is 6.33. The zero-order chi connectivity index (χ0) is 15.6. The lowest BCUT2D eigenvalue weighted by Crippen LogP contribution is -2.51. The van der Waals surface area contributed by atoms with Crippen molar-refractivity contribution in [2.24, 2.45) is 0 Å². The minimum Gasteiger partial charge on any atom is -0.336 e. The molecule has 1 aliphatic rings. The van der Waals surface area contributed by atoms with Crippen LogP contribution in [0.25, 0.3) is 0 Å². The molecule has 1 aliphatic heterocycles. The molecule has 1 saturated heterocycles. The Morgan fingerprint density at radius 1 is 1.33 bits per heavy atom. The van der Waals surface area contributed by atoms with Crippen LogP contribution in [0.15, 0.2) is 12.3 Å². The number of hydrogen-bond donors (Lipinski definition) is 0. The number of carbonyl (C=O) groups is 1. The molecule has 0 spiro atoms. The second-order valence-electron chi connectivity index (χ2n) is 4.99. The molecule has 21 heavy (non-hydrogen) atoms. The van der Waals surface area contributed by atoms with Crippen molar-refractivity contribution in [2.45, 2.75) is 13.1 Å². The average molecular weight is 322 g/mol. The first-order valence-electron chi connectivity index (χ1n) is 6.47. The largest absolute Gasteiger partial charge is 0.401 e. The van der Waals surface area contributed by atoms with Gasteiger partial charge >= 0.3 is 6.18 Å². The summed E-state index contributed by atoms with van der Waals surface area (Å²) >= 11 is 6.01. The second kappa shape index (κ2) is 6.19. The SMILES string of the molecule is Cc1cc(Cl)c(C(=O)N2CCN(CC(F)(F)F)CC2)cn1. The second-order valence-corrected chi connectivity index (χ2v) is 5.40. The predicted octanol–water partition coefficient (Wildman–Crippen LogP) is 2.36. The number of alkyl halides is 3. The van der Waals surface area contributed by atoms with Gasteiger partial charge in [0.05, 0.1) is 17.1 Å². The predicted molar refractivity (Wildman–Crippen MR) is 72.4 cm³/mol. The van der Waals surface area contributed by atoms with E-state index in [1.54, 1.807) is 13.0 Å². The van der Waals surface area contributed by atoms with Gasteiger partial charge in [0.1, 0.15) is 0 Å². The molecule has 0 bridgehead atoms. The number of pyridine rings is 1.